The molecule has 1 N–H and O–H groups in total. The van der Waals surface area contributed by atoms with Crippen LogP contribution in [0.2, 0.25) is 0 Å². The Morgan fingerprint density at radius 1 is 1.44 bits per heavy atom. The summed E-state index contributed by atoms with van der Waals surface area (Å²) in [6.45, 7) is 0.522. The summed E-state index contributed by atoms with van der Waals surface area (Å²) in [5.74, 6) is -0.0376. The van der Waals surface area contributed by atoms with Crippen LogP contribution in [0.4, 0.5) is 0 Å². The Labute approximate surface area is 122 Å². The third-order valence-corrected chi connectivity index (χ3v) is 3.66. The molecule has 1 aromatic heterocycles. The minimum absolute atomic E-state index is 0.0376. The summed E-state index contributed by atoms with van der Waals surface area (Å²) in [7, 11) is 1.77. The maximum atomic E-state index is 12.3. The standard InChI is InChI=1S/C12H11Br2N3O/c1-17(7-8-5-15-16-6-8)12(18)10-4-9(13)2-3-11(10)14/h2-6H,7H2,1H3,(H,15,16). The lowest BCUT2D eigenvalue weighted by molar-refractivity contribution is 0.0784. The van der Waals surface area contributed by atoms with Crippen LogP contribution < -0.4 is 0 Å². The summed E-state index contributed by atoms with van der Waals surface area (Å²) in [4.78, 5) is 13.9. The Kier molecular flexibility index (Phi) is 4.19. The fourth-order valence-corrected chi connectivity index (χ4v) is 2.35. The molecule has 0 unspecified atom stereocenters. The summed E-state index contributed by atoms with van der Waals surface area (Å²) >= 11 is 6.76. The van der Waals surface area contributed by atoms with E-state index in [0.717, 1.165) is 14.5 Å². The first kappa shape index (κ1) is 13.3. The zero-order valence-corrected chi connectivity index (χ0v) is 12.8. The van der Waals surface area contributed by atoms with Crippen molar-refractivity contribution in [3.8, 4) is 0 Å². The van der Waals surface area contributed by atoms with E-state index in [1.807, 2.05) is 12.1 Å². The van der Waals surface area contributed by atoms with Gasteiger partial charge in [0.2, 0.25) is 0 Å². The maximum Gasteiger partial charge on any atom is 0.255 e. The van der Waals surface area contributed by atoms with Crippen molar-refractivity contribution in [2.75, 3.05) is 7.05 Å². The molecular weight excluding hydrogens is 362 g/mol. The van der Waals surface area contributed by atoms with E-state index in [4.69, 9.17) is 0 Å². The molecule has 0 atom stereocenters. The average Bonchev–Trinajstić information content (AvgIpc) is 2.84. The molecule has 0 fully saturated rings. The number of aromatic nitrogens is 2. The quantitative estimate of drug-likeness (QED) is 0.899. The highest BCUT2D eigenvalue weighted by atomic mass is 79.9. The van der Waals surface area contributed by atoms with Gasteiger partial charge in [0.15, 0.2) is 0 Å². The van der Waals surface area contributed by atoms with Gasteiger partial charge >= 0.3 is 0 Å². The van der Waals surface area contributed by atoms with Gasteiger partial charge in [0, 0.05) is 34.3 Å². The zero-order valence-electron chi connectivity index (χ0n) is 9.65. The third-order valence-electron chi connectivity index (χ3n) is 2.48. The summed E-state index contributed by atoms with van der Waals surface area (Å²) in [6, 6.07) is 5.54. The van der Waals surface area contributed by atoms with E-state index in [9.17, 15) is 4.79 Å². The summed E-state index contributed by atoms with van der Waals surface area (Å²) in [5, 5.41) is 6.59. The third kappa shape index (κ3) is 3.00. The van der Waals surface area contributed by atoms with E-state index in [2.05, 4.69) is 42.1 Å². The van der Waals surface area contributed by atoms with Crippen LogP contribution in [0, 0.1) is 0 Å². The van der Waals surface area contributed by atoms with E-state index in [1.165, 1.54) is 0 Å². The van der Waals surface area contributed by atoms with Crippen LogP contribution in [0.3, 0.4) is 0 Å². The molecule has 94 valence electrons. The topological polar surface area (TPSA) is 49.0 Å². The van der Waals surface area contributed by atoms with Crippen LogP contribution in [0.1, 0.15) is 15.9 Å². The molecule has 0 bridgehead atoms. The fraction of sp³-hybridized carbons (Fsp3) is 0.167. The minimum atomic E-state index is -0.0376. The lowest BCUT2D eigenvalue weighted by atomic mass is 10.2. The molecule has 2 aromatic rings. The van der Waals surface area contributed by atoms with Gasteiger partial charge in [-0.2, -0.15) is 5.10 Å². The van der Waals surface area contributed by atoms with E-state index >= 15 is 0 Å². The highest BCUT2D eigenvalue weighted by Crippen LogP contribution is 2.23. The number of nitrogens with zero attached hydrogens (tertiary/aromatic N) is 2. The van der Waals surface area contributed by atoms with Crippen molar-refractivity contribution in [1.82, 2.24) is 15.1 Å². The molecule has 6 heteroatoms. The molecule has 0 spiro atoms. The first-order chi connectivity index (χ1) is 8.58. The molecule has 1 heterocycles. The Morgan fingerprint density at radius 3 is 2.89 bits per heavy atom. The number of nitrogens with one attached hydrogen (secondary N) is 1. The lowest BCUT2D eigenvalue weighted by Gasteiger charge is -2.17. The second-order valence-electron chi connectivity index (χ2n) is 3.89. The molecule has 0 aliphatic rings. The first-order valence-corrected chi connectivity index (χ1v) is 6.84. The van der Waals surface area contributed by atoms with Crippen molar-refractivity contribution in [3.63, 3.8) is 0 Å². The molecule has 1 amide bonds. The number of H-pyrrole nitrogens is 1. The van der Waals surface area contributed by atoms with E-state index in [0.29, 0.717) is 12.1 Å². The van der Waals surface area contributed by atoms with Gasteiger partial charge in [-0.25, -0.2) is 0 Å². The van der Waals surface area contributed by atoms with Crippen molar-refractivity contribution in [2.45, 2.75) is 6.54 Å². The van der Waals surface area contributed by atoms with Crippen LogP contribution in [-0.4, -0.2) is 28.1 Å². The minimum Gasteiger partial charge on any atom is -0.337 e. The molecule has 2 rings (SSSR count). The molecule has 0 aliphatic heterocycles. The van der Waals surface area contributed by atoms with Crippen molar-refractivity contribution < 1.29 is 4.79 Å². The van der Waals surface area contributed by atoms with Gasteiger partial charge in [-0.15, -0.1) is 0 Å². The summed E-state index contributed by atoms with van der Waals surface area (Å²) < 4.78 is 1.67. The van der Waals surface area contributed by atoms with Gasteiger partial charge in [-0.3, -0.25) is 9.89 Å². The van der Waals surface area contributed by atoms with Gasteiger partial charge in [-0.1, -0.05) is 15.9 Å². The first-order valence-electron chi connectivity index (χ1n) is 5.26. The average molecular weight is 373 g/mol. The molecule has 1 aromatic carbocycles. The monoisotopic (exact) mass is 371 g/mol. The molecule has 4 nitrogen and oxygen atoms in total. The van der Waals surface area contributed by atoms with Crippen molar-refractivity contribution in [1.29, 1.82) is 0 Å². The number of halogens is 2. The number of rotatable bonds is 3. The number of carbonyl (C=O) groups excluding carboxylic acids is 1. The molecule has 18 heavy (non-hydrogen) atoms. The van der Waals surface area contributed by atoms with Crippen molar-refractivity contribution >= 4 is 37.8 Å². The van der Waals surface area contributed by atoms with Gasteiger partial charge in [0.05, 0.1) is 11.8 Å². The summed E-state index contributed by atoms with van der Waals surface area (Å²) in [6.07, 6.45) is 3.49. The predicted octanol–water partition coefficient (Wildman–Crippen LogP) is 3.21. The number of aromatic amines is 1. The maximum absolute atomic E-state index is 12.3. The SMILES string of the molecule is CN(Cc1cn[nH]c1)C(=O)c1cc(Br)ccc1Br. The predicted molar refractivity (Wildman–Crippen MR) is 76.2 cm³/mol. The highest BCUT2D eigenvalue weighted by Gasteiger charge is 2.15. The van der Waals surface area contributed by atoms with Crippen molar-refractivity contribution in [3.05, 3.63) is 50.7 Å². The van der Waals surface area contributed by atoms with E-state index in [-0.39, 0.29) is 5.91 Å². The molecule has 0 radical (unpaired) electrons. The summed E-state index contributed by atoms with van der Waals surface area (Å²) in [5.41, 5.74) is 1.60. The molecule has 0 saturated carbocycles. The second-order valence-corrected chi connectivity index (χ2v) is 5.66. The lowest BCUT2D eigenvalue weighted by Crippen LogP contribution is -2.26. The van der Waals surface area contributed by atoms with Gasteiger partial charge in [0.1, 0.15) is 0 Å². The Bertz CT molecular complexity index is 554. The van der Waals surface area contributed by atoms with Crippen LogP contribution in [0.25, 0.3) is 0 Å². The van der Waals surface area contributed by atoms with Crippen LogP contribution in [0.5, 0.6) is 0 Å². The Morgan fingerprint density at radius 2 is 2.22 bits per heavy atom. The number of amides is 1. The zero-order chi connectivity index (χ0) is 13.1. The van der Waals surface area contributed by atoms with Crippen LogP contribution in [-0.2, 0) is 6.54 Å². The van der Waals surface area contributed by atoms with Gasteiger partial charge in [0.25, 0.3) is 5.91 Å². The fourth-order valence-electron chi connectivity index (χ4n) is 1.58. The highest BCUT2D eigenvalue weighted by molar-refractivity contribution is 9.11. The van der Waals surface area contributed by atoms with Gasteiger partial charge < -0.3 is 4.90 Å². The number of carbonyl (C=O) groups is 1. The smallest absolute Gasteiger partial charge is 0.255 e. The molecule has 0 saturated heterocycles. The number of hydrogen-bond acceptors (Lipinski definition) is 2. The number of benzene rings is 1. The van der Waals surface area contributed by atoms with Gasteiger partial charge in [-0.05, 0) is 34.1 Å². The molecule has 0 aliphatic carbocycles. The van der Waals surface area contributed by atoms with Crippen LogP contribution >= 0.6 is 31.9 Å². The molecular formula is C12H11Br2N3O. The van der Waals surface area contributed by atoms with E-state index in [1.54, 1.807) is 30.4 Å². The largest absolute Gasteiger partial charge is 0.337 e. The Balaban J connectivity index is 2.17. The Hall–Kier alpha value is -1.14. The normalized spacial score (nSPS) is 10.4. The van der Waals surface area contributed by atoms with Crippen molar-refractivity contribution in [2.24, 2.45) is 0 Å². The second kappa shape index (κ2) is 5.67. The van der Waals surface area contributed by atoms with E-state index < -0.39 is 0 Å². The number of hydrogen-bond donors (Lipinski definition) is 1. The van der Waals surface area contributed by atoms with Crippen LogP contribution in [0.15, 0.2) is 39.5 Å².